The lowest BCUT2D eigenvalue weighted by Crippen LogP contribution is -2.46. The fourth-order valence-corrected chi connectivity index (χ4v) is 6.08. The smallest absolute Gasteiger partial charge is 0.139 e. The summed E-state index contributed by atoms with van der Waals surface area (Å²) in [5.41, 5.74) is 6.39. The topological polar surface area (TPSA) is 63.4 Å². The molecule has 2 N–H and O–H groups in total. The largest absolute Gasteiger partial charge is 0.315 e. The van der Waals surface area contributed by atoms with Crippen LogP contribution in [0.4, 0.5) is 0 Å². The fraction of sp³-hybridized carbons (Fsp3) is 0.854. The molecule has 0 saturated heterocycles. The molecule has 45 heavy (non-hydrogen) atoms. The Morgan fingerprint density at radius 3 is 1.22 bits per heavy atom. The molecule has 0 amide bonds. The molecule has 0 heterocycles. The van der Waals surface area contributed by atoms with Gasteiger partial charge in [0.25, 0.3) is 0 Å². The lowest BCUT2D eigenvalue weighted by atomic mass is 9.89. The van der Waals surface area contributed by atoms with Crippen LogP contribution in [-0.4, -0.2) is 36.7 Å². The van der Waals surface area contributed by atoms with Crippen molar-refractivity contribution in [1.82, 2.24) is 4.90 Å². The first-order valence-corrected chi connectivity index (χ1v) is 19.7. The van der Waals surface area contributed by atoms with Gasteiger partial charge in [0.1, 0.15) is 11.6 Å². The lowest BCUT2D eigenvalue weighted by Gasteiger charge is -2.28. The second-order valence-corrected chi connectivity index (χ2v) is 13.9. The molecular weight excluding hydrogens is 552 g/mol. The number of nitrogens with zero attached hydrogens (tertiary/aromatic N) is 1. The molecule has 0 bridgehead atoms. The quantitative estimate of drug-likeness (QED) is 0.0430. The fourth-order valence-electron chi connectivity index (χ4n) is 6.08. The Balaban J connectivity index is 3.96. The van der Waals surface area contributed by atoms with Crippen LogP contribution >= 0.6 is 0 Å². The second kappa shape index (κ2) is 34.1. The maximum Gasteiger partial charge on any atom is 0.139 e. The van der Waals surface area contributed by atoms with Crippen molar-refractivity contribution in [1.29, 1.82) is 0 Å². The van der Waals surface area contributed by atoms with Crippen LogP contribution in [0, 0.1) is 5.92 Å². The molecule has 0 fully saturated rings. The van der Waals surface area contributed by atoms with Gasteiger partial charge in [-0.05, 0) is 78.3 Å². The number of rotatable bonds is 35. The minimum atomic E-state index is -0.390. The number of carbonyl (C=O) groups is 2. The van der Waals surface area contributed by atoms with Crippen LogP contribution in [-0.2, 0) is 9.59 Å². The summed E-state index contributed by atoms with van der Waals surface area (Å²) in [4.78, 5) is 27.8. The predicted molar refractivity (Wildman–Crippen MR) is 199 cm³/mol. The van der Waals surface area contributed by atoms with Gasteiger partial charge >= 0.3 is 0 Å². The highest BCUT2D eigenvalue weighted by Gasteiger charge is 2.28. The number of ketones is 2. The molecule has 2 atom stereocenters. The summed E-state index contributed by atoms with van der Waals surface area (Å²) < 4.78 is 0. The summed E-state index contributed by atoms with van der Waals surface area (Å²) in [5, 5.41) is 0. The van der Waals surface area contributed by atoms with Gasteiger partial charge < -0.3 is 5.73 Å². The molecule has 4 heteroatoms. The monoisotopic (exact) mass is 631 g/mol. The van der Waals surface area contributed by atoms with Crippen molar-refractivity contribution in [3.63, 3.8) is 0 Å². The van der Waals surface area contributed by atoms with E-state index in [1.165, 1.54) is 141 Å². The van der Waals surface area contributed by atoms with Crippen molar-refractivity contribution < 1.29 is 9.59 Å². The van der Waals surface area contributed by atoms with Crippen molar-refractivity contribution in [2.75, 3.05) is 14.1 Å². The lowest BCUT2D eigenvalue weighted by molar-refractivity contribution is -0.130. The Bertz CT molecular complexity index is 714. The van der Waals surface area contributed by atoms with E-state index < -0.39 is 6.17 Å². The first-order valence-electron chi connectivity index (χ1n) is 19.7. The van der Waals surface area contributed by atoms with Crippen LogP contribution in [0.1, 0.15) is 200 Å². The van der Waals surface area contributed by atoms with Gasteiger partial charge in [-0.25, -0.2) is 0 Å². The number of hydrogen-bond acceptors (Lipinski definition) is 4. The van der Waals surface area contributed by atoms with Crippen LogP contribution < -0.4 is 5.73 Å². The van der Waals surface area contributed by atoms with E-state index in [0.717, 1.165) is 25.7 Å². The van der Waals surface area contributed by atoms with E-state index in [2.05, 4.69) is 38.2 Å². The van der Waals surface area contributed by atoms with Gasteiger partial charge in [0.05, 0.1) is 12.1 Å². The Kier molecular flexibility index (Phi) is 33.1. The van der Waals surface area contributed by atoms with E-state index in [1.807, 2.05) is 19.0 Å². The van der Waals surface area contributed by atoms with Crippen molar-refractivity contribution in [3.8, 4) is 0 Å². The van der Waals surface area contributed by atoms with Gasteiger partial charge in [0, 0.05) is 19.3 Å². The van der Waals surface area contributed by atoms with Crippen molar-refractivity contribution >= 4 is 11.6 Å². The van der Waals surface area contributed by atoms with Gasteiger partial charge in [0.15, 0.2) is 0 Å². The molecule has 2 unspecified atom stereocenters. The SMILES string of the molecule is CCCCCCCC/C=C\CCCCCCCC(=O)CC(C(=O)CCCCCCC/C=C\CCCCCCCC)C(N)N(C)C. The second-order valence-electron chi connectivity index (χ2n) is 13.9. The van der Waals surface area contributed by atoms with Gasteiger partial charge in [-0.1, -0.05) is 141 Å². The van der Waals surface area contributed by atoms with E-state index in [-0.39, 0.29) is 17.5 Å². The molecule has 0 aliphatic rings. The van der Waals surface area contributed by atoms with Crippen LogP contribution in [0.3, 0.4) is 0 Å². The molecule has 0 radical (unpaired) electrons. The Morgan fingerprint density at radius 2 is 0.844 bits per heavy atom. The summed E-state index contributed by atoms with van der Waals surface area (Å²) in [5.74, 6) is -0.00744. The number of Topliss-reactive ketones (excluding diaryl/α,β-unsaturated/α-hetero) is 2. The minimum absolute atomic E-state index is 0.173. The first-order chi connectivity index (χ1) is 21.9. The number of unbranched alkanes of at least 4 members (excludes halogenated alkanes) is 22. The van der Waals surface area contributed by atoms with Crippen LogP contribution in [0.25, 0.3) is 0 Å². The molecular formula is C41H78N2O2. The minimum Gasteiger partial charge on any atom is -0.315 e. The van der Waals surface area contributed by atoms with E-state index in [0.29, 0.717) is 19.3 Å². The standard InChI is InChI=1S/C41H78N2O2/c1-5-7-9-11-13-15-17-19-21-23-25-27-29-31-33-35-38(44)37-39(41(42)43(3)4)40(45)36-34-32-30-28-26-24-22-20-18-16-14-12-10-8-6-2/h19-22,39,41H,5-18,23-37,42H2,1-4H3/b21-19-,22-20-. The number of nitrogens with two attached hydrogens (primary N) is 1. The van der Waals surface area contributed by atoms with Crippen molar-refractivity contribution in [3.05, 3.63) is 24.3 Å². The zero-order valence-corrected chi connectivity index (χ0v) is 30.8. The molecule has 0 spiro atoms. The summed E-state index contributed by atoms with van der Waals surface area (Å²) in [6.07, 6.45) is 43.0. The highest BCUT2D eigenvalue weighted by atomic mass is 16.1. The molecule has 0 aromatic carbocycles. The van der Waals surface area contributed by atoms with E-state index in [1.54, 1.807) is 0 Å². The molecule has 0 aromatic heterocycles. The predicted octanol–water partition coefficient (Wildman–Crippen LogP) is 12.1. The third-order valence-corrected chi connectivity index (χ3v) is 9.27. The van der Waals surface area contributed by atoms with Gasteiger partial charge in [-0.2, -0.15) is 0 Å². The first kappa shape index (κ1) is 43.7. The van der Waals surface area contributed by atoms with Gasteiger partial charge in [-0.15, -0.1) is 0 Å². The molecule has 0 saturated carbocycles. The van der Waals surface area contributed by atoms with Crippen LogP contribution in [0.2, 0.25) is 0 Å². The molecule has 0 rings (SSSR count). The Morgan fingerprint density at radius 1 is 0.511 bits per heavy atom. The Labute approximate surface area is 281 Å². The Hall–Kier alpha value is -1.26. The van der Waals surface area contributed by atoms with Crippen LogP contribution in [0.5, 0.6) is 0 Å². The number of carbonyl (C=O) groups excluding carboxylic acids is 2. The molecule has 264 valence electrons. The highest BCUT2D eigenvalue weighted by molar-refractivity contribution is 5.88. The van der Waals surface area contributed by atoms with Crippen LogP contribution in [0.15, 0.2) is 24.3 Å². The number of hydrogen-bond donors (Lipinski definition) is 1. The molecule has 0 aliphatic heterocycles. The van der Waals surface area contributed by atoms with Gasteiger partial charge in [-0.3, -0.25) is 14.5 Å². The van der Waals surface area contributed by atoms with E-state index in [9.17, 15) is 9.59 Å². The van der Waals surface area contributed by atoms with E-state index >= 15 is 0 Å². The average molecular weight is 631 g/mol. The molecule has 4 nitrogen and oxygen atoms in total. The summed E-state index contributed by atoms with van der Waals surface area (Å²) in [7, 11) is 3.81. The maximum atomic E-state index is 13.1. The summed E-state index contributed by atoms with van der Waals surface area (Å²) in [6, 6.07) is 0. The zero-order chi connectivity index (χ0) is 33.2. The maximum absolute atomic E-state index is 13.1. The third-order valence-electron chi connectivity index (χ3n) is 9.27. The van der Waals surface area contributed by atoms with Crippen molar-refractivity contribution in [2.24, 2.45) is 11.7 Å². The van der Waals surface area contributed by atoms with Gasteiger partial charge in [0.2, 0.25) is 0 Å². The average Bonchev–Trinajstić information content (AvgIpc) is 3.03. The summed E-state index contributed by atoms with van der Waals surface area (Å²) in [6.45, 7) is 4.54. The normalized spacial score (nSPS) is 13.4. The molecule has 0 aliphatic carbocycles. The third kappa shape index (κ3) is 29.9. The molecule has 0 aromatic rings. The number of allylic oxidation sites excluding steroid dienone is 4. The van der Waals surface area contributed by atoms with Crippen molar-refractivity contribution in [2.45, 2.75) is 206 Å². The highest BCUT2D eigenvalue weighted by Crippen LogP contribution is 2.19. The summed E-state index contributed by atoms with van der Waals surface area (Å²) >= 11 is 0. The van der Waals surface area contributed by atoms with E-state index in [4.69, 9.17) is 5.73 Å². The zero-order valence-electron chi connectivity index (χ0n) is 30.8.